The minimum atomic E-state index is -0.0346. The molecular weight excluding hydrogens is 276 g/mol. The summed E-state index contributed by atoms with van der Waals surface area (Å²) in [5.41, 5.74) is 1.55. The summed E-state index contributed by atoms with van der Waals surface area (Å²) in [5, 5.41) is 10.7. The van der Waals surface area contributed by atoms with E-state index in [0.29, 0.717) is 17.0 Å². The first kappa shape index (κ1) is 13.7. The van der Waals surface area contributed by atoms with Crippen LogP contribution in [-0.4, -0.2) is 17.9 Å². The largest absolute Gasteiger partial charge is 0.337 e. The number of nitrogens with zero attached hydrogens (tertiary/aromatic N) is 2. The van der Waals surface area contributed by atoms with E-state index in [4.69, 9.17) is 5.26 Å². The van der Waals surface area contributed by atoms with Gasteiger partial charge in [0.1, 0.15) is 0 Å². The van der Waals surface area contributed by atoms with Crippen LogP contribution >= 0.6 is 24.0 Å². The number of amides is 1. The average molecular weight is 288 g/mol. The monoisotopic (exact) mass is 288 g/mol. The SMILES string of the molecule is CN(Cc1cccc(C#N)c1)C(=O)c1cc(S)cs1. The molecule has 0 radical (unpaired) electrons. The first-order valence-electron chi connectivity index (χ1n) is 5.62. The van der Waals surface area contributed by atoms with Crippen molar-refractivity contribution in [3.8, 4) is 6.07 Å². The third kappa shape index (κ3) is 3.37. The summed E-state index contributed by atoms with van der Waals surface area (Å²) < 4.78 is 0. The molecule has 0 aliphatic heterocycles. The Bertz CT molecular complexity index is 643. The smallest absolute Gasteiger partial charge is 0.264 e. The molecule has 2 rings (SSSR count). The van der Waals surface area contributed by atoms with Crippen molar-refractivity contribution in [1.82, 2.24) is 4.90 Å². The van der Waals surface area contributed by atoms with Crippen LogP contribution in [-0.2, 0) is 6.54 Å². The number of rotatable bonds is 3. The maximum atomic E-state index is 12.2. The van der Waals surface area contributed by atoms with Crippen LogP contribution in [0.4, 0.5) is 0 Å². The topological polar surface area (TPSA) is 44.1 Å². The zero-order valence-corrected chi connectivity index (χ0v) is 12.0. The lowest BCUT2D eigenvalue weighted by Gasteiger charge is -2.16. The molecule has 5 heteroatoms. The summed E-state index contributed by atoms with van der Waals surface area (Å²) in [6.45, 7) is 0.480. The second kappa shape index (κ2) is 5.91. The molecule has 0 unspecified atom stereocenters. The molecule has 2 aromatic rings. The number of thiophene rings is 1. The molecule has 1 amide bonds. The van der Waals surface area contributed by atoms with Crippen molar-refractivity contribution in [2.45, 2.75) is 11.4 Å². The van der Waals surface area contributed by atoms with E-state index in [0.717, 1.165) is 10.5 Å². The maximum Gasteiger partial charge on any atom is 0.264 e. The third-order valence-corrected chi connectivity index (χ3v) is 3.97. The van der Waals surface area contributed by atoms with Gasteiger partial charge in [0.2, 0.25) is 0 Å². The highest BCUT2D eigenvalue weighted by Gasteiger charge is 2.14. The fraction of sp³-hybridized carbons (Fsp3) is 0.143. The lowest BCUT2D eigenvalue weighted by atomic mass is 10.1. The molecule has 1 aromatic carbocycles. The van der Waals surface area contributed by atoms with Crippen LogP contribution in [0, 0.1) is 11.3 Å². The number of carbonyl (C=O) groups is 1. The molecule has 19 heavy (non-hydrogen) atoms. The Morgan fingerprint density at radius 2 is 2.26 bits per heavy atom. The molecule has 0 bridgehead atoms. The van der Waals surface area contributed by atoms with Crippen LogP contribution in [0.1, 0.15) is 20.8 Å². The predicted molar refractivity (Wildman–Crippen MR) is 78.5 cm³/mol. The number of nitriles is 1. The zero-order chi connectivity index (χ0) is 13.8. The van der Waals surface area contributed by atoms with Gasteiger partial charge in [-0.1, -0.05) is 12.1 Å². The van der Waals surface area contributed by atoms with Crippen molar-refractivity contribution in [2.75, 3.05) is 7.05 Å². The Labute approximate surface area is 121 Å². The van der Waals surface area contributed by atoms with Crippen molar-refractivity contribution in [3.63, 3.8) is 0 Å². The van der Waals surface area contributed by atoms with Crippen molar-refractivity contribution < 1.29 is 4.79 Å². The van der Waals surface area contributed by atoms with E-state index < -0.39 is 0 Å². The molecule has 3 nitrogen and oxygen atoms in total. The van der Waals surface area contributed by atoms with Gasteiger partial charge >= 0.3 is 0 Å². The van der Waals surface area contributed by atoms with Crippen LogP contribution in [0.15, 0.2) is 40.6 Å². The first-order valence-corrected chi connectivity index (χ1v) is 6.95. The Morgan fingerprint density at radius 3 is 2.89 bits per heavy atom. The van der Waals surface area contributed by atoms with Gasteiger partial charge in [0.25, 0.3) is 5.91 Å². The van der Waals surface area contributed by atoms with Crippen molar-refractivity contribution in [2.24, 2.45) is 0 Å². The van der Waals surface area contributed by atoms with Crippen molar-refractivity contribution in [1.29, 1.82) is 5.26 Å². The Balaban J connectivity index is 2.10. The average Bonchev–Trinajstić information content (AvgIpc) is 2.84. The Kier molecular flexibility index (Phi) is 4.25. The van der Waals surface area contributed by atoms with Gasteiger partial charge in [0.15, 0.2) is 0 Å². The molecule has 0 saturated carbocycles. The van der Waals surface area contributed by atoms with Gasteiger partial charge in [0, 0.05) is 23.9 Å². The molecular formula is C14H12N2OS2. The summed E-state index contributed by atoms with van der Waals surface area (Å²) in [6, 6.07) is 11.1. The van der Waals surface area contributed by atoms with E-state index in [-0.39, 0.29) is 5.91 Å². The van der Waals surface area contributed by atoms with Gasteiger partial charge in [-0.25, -0.2) is 0 Å². The Morgan fingerprint density at radius 1 is 1.47 bits per heavy atom. The van der Waals surface area contributed by atoms with Crippen molar-refractivity contribution in [3.05, 3.63) is 51.7 Å². The van der Waals surface area contributed by atoms with E-state index in [2.05, 4.69) is 18.7 Å². The molecule has 0 atom stereocenters. The fourth-order valence-corrected chi connectivity index (χ4v) is 2.85. The van der Waals surface area contributed by atoms with Gasteiger partial charge < -0.3 is 4.90 Å². The van der Waals surface area contributed by atoms with E-state index in [1.807, 2.05) is 17.5 Å². The summed E-state index contributed by atoms with van der Waals surface area (Å²) in [5.74, 6) is -0.0346. The number of hydrogen-bond donors (Lipinski definition) is 1. The first-order chi connectivity index (χ1) is 9.10. The Hall–Kier alpha value is -1.77. The van der Waals surface area contributed by atoms with Gasteiger partial charge in [-0.15, -0.1) is 24.0 Å². The van der Waals surface area contributed by atoms with Crippen LogP contribution < -0.4 is 0 Å². The molecule has 0 spiro atoms. The van der Waals surface area contributed by atoms with Crippen LogP contribution in [0.5, 0.6) is 0 Å². The van der Waals surface area contributed by atoms with Crippen LogP contribution in [0.25, 0.3) is 0 Å². The fourth-order valence-electron chi connectivity index (χ4n) is 1.71. The standard InChI is InChI=1S/C14H12N2OS2/c1-16(14(17)13-6-12(18)9-19-13)8-11-4-2-3-10(5-11)7-15/h2-6,9,18H,8H2,1H3. The highest BCUT2D eigenvalue weighted by molar-refractivity contribution is 7.80. The second-order valence-electron chi connectivity index (χ2n) is 4.14. The zero-order valence-electron chi connectivity index (χ0n) is 10.3. The second-order valence-corrected chi connectivity index (χ2v) is 5.57. The highest BCUT2D eigenvalue weighted by Crippen LogP contribution is 2.19. The quantitative estimate of drug-likeness (QED) is 0.882. The molecule has 0 fully saturated rings. The molecule has 0 N–H and O–H groups in total. The molecule has 0 aliphatic rings. The van der Waals surface area contributed by atoms with Gasteiger partial charge in [0.05, 0.1) is 16.5 Å². The van der Waals surface area contributed by atoms with Crippen molar-refractivity contribution >= 4 is 29.9 Å². The summed E-state index contributed by atoms with van der Waals surface area (Å²) >= 11 is 5.58. The normalized spacial score (nSPS) is 9.95. The molecule has 96 valence electrons. The third-order valence-electron chi connectivity index (χ3n) is 2.62. The lowest BCUT2D eigenvalue weighted by Crippen LogP contribution is -2.25. The van der Waals surface area contributed by atoms with E-state index >= 15 is 0 Å². The number of hydrogen-bond acceptors (Lipinski definition) is 4. The lowest BCUT2D eigenvalue weighted by molar-refractivity contribution is 0.0789. The minimum Gasteiger partial charge on any atom is -0.337 e. The molecule has 0 aliphatic carbocycles. The minimum absolute atomic E-state index is 0.0346. The van der Waals surface area contributed by atoms with Crippen LogP contribution in [0.2, 0.25) is 0 Å². The summed E-state index contributed by atoms with van der Waals surface area (Å²) in [6.07, 6.45) is 0. The number of benzene rings is 1. The molecule has 0 saturated heterocycles. The van der Waals surface area contributed by atoms with E-state index in [9.17, 15) is 4.79 Å². The summed E-state index contributed by atoms with van der Waals surface area (Å²) in [7, 11) is 1.75. The van der Waals surface area contributed by atoms with E-state index in [1.165, 1.54) is 11.3 Å². The van der Waals surface area contributed by atoms with Gasteiger partial charge in [-0.05, 0) is 23.8 Å². The predicted octanol–water partition coefficient (Wildman–Crippen LogP) is 3.18. The molecule has 1 heterocycles. The van der Waals surface area contributed by atoms with Gasteiger partial charge in [-0.2, -0.15) is 5.26 Å². The molecule has 1 aromatic heterocycles. The number of thiol groups is 1. The van der Waals surface area contributed by atoms with E-state index in [1.54, 1.807) is 30.1 Å². The van der Waals surface area contributed by atoms with Gasteiger partial charge in [-0.3, -0.25) is 4.79 Å². The highest BCUT2D eigenvalue weighted by atomic mass is 32.1. The number of carbonyl (C=O) groups excluding carboxylic acids is 1. The summed E-state index contributed by atoms with van der Waals surface area (Å²) in [4.78, 5) is 15.3. The maximum absolute atomic E-state index is 12.2. The van der Waals surface area contributed by atoms with Crippen LogP contribution in [0.3, 0.4) is 0 Å².